The second-order valence-electron chi connectivity index (χ2n) is 8.14. The third-order valence-electron chi connectivity index (χ3n) is 5.81. The van der Waals surface area contributed by atoms with E-state index in [4.69, 9.17) is 19.4 Å². The summed E-state index contributed by atoms with van der Waals surface area (Å²) in [5, 5.41) is -0.0599. The van der Waals surface area contributed by atoms with Crippen molar-refractivity contribution >= 4 is 33.0 Å². The Balaban J connectivity index is 1.82. The molecule has 2 aromatic rings. The molecular weight excluding hydrogens is 414 g/mol. The van der Waals surface area contributed by atoms with Crippen LogP contribution in [0, 0.1) is 6.92 Å². The summed E-state index contributed by atoms with van der Waals surface area (Å²) < 4.78 is 28.7. The van der Waals surface area contributed by atoms with Crippen molar-refractivity contribution in [1.82, 2.24) is 9.97 Å². The smallest absolute Gasteiger partial charge is 0.233 e. The van der Waals surface area contributed by atoms with E-state index >= 15 is 0 Å². The van der Waals surface area contributed by atoms with Crippen LogP contribution in [0.2, 0.25) is 0 Å². The Morgan fingerprint density at radius 3 is 2.65 bits per heavy atom. The zero-order chi connectivity index (χ0) is 22.0. The maximum absolute atomic E-state index is 13.2. The van der Waals surface area contributed by atoms with Crippen LogP contribution in [0.5, 0.6) is 0 Å². The normalized spacial score (nSPS) is 21.3. The zero-order valence-electron chi connectivity index (χ0n) is 18.7. The Hall–Kier alpha value is -2.23. The first kappa shape index (κ1) is 22.0. The first-order valence-electron chi connectivity index (χ1n) is 10.7. The zero-order valence-corrected chi connectivity index (χ0v) is 19.5. The lowest BCUT2D eigenvalue weighted by Crippen LogP contribution is -2.44. The van der Waals surface area contributed by atoms with Crippen LogP contribution in [-0.4, -0.2) is 71.2 Å². The molecule has 1 unspecified atom stereocenters. The Bertz CT molecular complexity index is 1050. The largest absolute Gasteiger partial charge is 0.379 e. The molecule has 0 N–H and O–H groups in total. The first-order chi connectivity index (χ1) is 14.9. The molecule has 1 aromatic heterocycles. The topological polar surface area (TPSA) is 80.2 Å². The molecule has 9 heteroatoms. The summed E-state index contributed by atoms with van der Waals surface area (Å²) >= 11 is 0. The molecule has 0 spiro atoms. The summed E-state index contributed by atoms with van der Waals surface area (Å²) in [7, 11) is -2.46. The van der Waals surface area contributed by atoms with E-state index in [9.17, 15) is 4.21 Å². The van der Waals surface area contributed by atoms with Crippen molar-refractivity contribution in [2.75, 3.05) is 55.6 Å². The molecule has 2 aliphatic rings. The molecule has 0 bridgehead atoms. The van der Waals surface area contributed by atoms with Gasteiger partial charge in [-0.25, -0.2) is 4.21 Å². The molecule has 8 nitrogen and oxygen atoms in total. The Morgan fingerprint density at radius 2 is 2.00 bits per heavy atom. The third kappa shape index (κ3) is 4.68. The fraction of sp³-hybridized carbons (Fsp3) is 0.545. The van der Waals surface area contributed by atoms with E-state index in [1.165, 1.54) is 0 Å². The molecule has 168 valence electrons. The molecular formula is C22H31N5O3S. The standard InChI is InChI=1S/C22H31N5O3S/c1-5-26(19-9-7-6-8-16(19)2)22-23-20(25-31(4,28)18-14-30-15-18)12-21(24-22)27-10-11-29-13-17(27)3/h6-9,12,17-18H,5,10-11,13-15H2,1-4H3/t17-,31?/m1/s1. The van der Waals surface area contributed by atoms with Crippen LogP contribution in [0.1, 0.15) is 19.4 Å². The summed E-state index contributed by atoms with van der Waals surface area (Å²) in [5.74, 6) is 1.79. The van der Waals surface area contributed by atoms with E-state index in [1.54, 1.807) is 6.26 Å². The van der Waals surface area contributed by atoms with Gasteiger partial charge in [0.05, 0.1) is 47.4 Å². The van der Waals surface area contributed by atoms with Gasteiger partial charge in [-0.15, -0.1) is 0 Å². The van der Waals surface area contributed by atoms with Gasteiger partial charge >= 0.3 is 0 Å². The number of aryl methyl sites for hydroxylation is 1. The summed E-state index contributed by atoms with van der Waals surface area (Å²) in [6.45, 7) is 9.96. The number of anilines is 3. The van der Waals surface area contributed by atoms with Crippen molar-refractivity contribution in [2.24, 2.45) is 4.36 Å². The number of morpholine rings is 1. The van der Waals surface area contributed by atoms with Crippen LogP contribution in [0.25, 0.3) is 0 Å². The summed E-state index contributed by atoms with van der Waals surface area (Å²) in [5.41, 5.74) is 2.19. The predicted molar refractivity (Wildman–Crippen MR) is 124 cm³/mol. The highest BCUT2D eigenvalue weighted by Gasteiger charge is 2.28. The number of hydrogen-bond acceptors (Lipinski definition) is 8. The fourth-order valence-electron chi connectivity index (χ4n) is 3.80. The van der Waals surface area contributed by atoms with Crippen molar-refractivity contribution in [3.63, 3.8) is 0 Å². The Kier molecular flexibility index (Phi) is 6.45. The van der Waals surface area contributed by atoms with Crippen LogP contribution in [0.4, 0.5) is 23.3 Å². The van der Waals surface area contributed by atoms with E-state index in [2.05, 4.69) is 47.1 Å². The SMILES string of the molecule is CCN(c1nc(N=S(C)(=O)C2COC2)cc(N2CCOC[C@H]2C)n1)c1ccccc1C. The van der Waals surface area contributed by atoms with E-state index in [0.717, 1.165) is 23.6 Å². The van der Waals surface area contributed by atoms with Crippen LogP contribution in [0.3, 0.4) is 0 Å². The van der Waals surface area contributed by atoms with Gasteiger partial charge in [-0.2, -0.15) is 14.3 Å². The molecule has 1 aromatic carbocycles. The fourth-order valence-corrected chi connectivity index (χ4v) is 5.12. The second-order valence-corrected chi connectivity index (χ2v) is 10.7. The maximum Gasteiger partial charge on any atom is 0.233 e. The van der Waals surface area contributed by atoms with Crippen LogP contribution in [-0.2, 0) is 19.2 Å². The van der Waals surface area contributed by atoms with E-state index in [1.807, 2.05) is 18.2 Å². The number of rotatable bonds is 6. The van der Waals surface area contributed by atoms with E-state index in [0.29, 0.717) is 44.7 Å². The number of benzene rings is 1. The van der Waals surface area contributed by atoms with Gasteiger partial charge < -0.3 is 19.3 Å². The minimum Gasteiger partial charge on any atom is -0.379 e. The average molecular weight is 446 g/mol. The third-order valence-corrected chi connectivity index (χ3v) is 7.87. The lowest BCUT2D eigenvalue weighted by atomic mass is 10.2. The van der Waals surface area contributed by atoms with Gasteiger partial charge in [0.15, 0.2) is 5.82 Å². The maximum atomic E-state index is 13.2. The molecule has 0 amide bonds. The Morgan fingerprint density at radius 1 is 1.23 bits per heavy atom. The van der Waals surface area contributed by atoms with E-state index < -0.39 is 9.73 Å². The molecule has 2 atom stereocenters. The summed E-state index contributed by atoms with van der Waals surface area (Å²) in [4.78, 5) is 13.9. The quantitative estimate of drug-likeness (QED) is 0.675. The molecule has 0 saturated carbocycles. The van der Waals surface area contributed by atoms with Crippen LogP contribution >= 0.6 is 0 Å². The monoisotopic (exact) mass is 445 g/mol. The number of para-hydroxylation sites is 1. The van der Waals surface area contributed by atoms with Gasteiger partial charge in [-0.05, 0) is 32.4 Å². The van der Waals surface area contributed by atoms with Gasteiger partial charge in [0.25, 0.3) is 0 Å². The van der Waals surface area contributed by atoms with Crippen LogP contribution < -0.4 is 9.80 Å². The molecule has 0 radical (unpaired) electrons. The lowest BCUT2D eigenvalue weighted by molar-refractivity contribution is 0.0431. The lowest BCUT2D eigenvalue weighted by Gasteiger charge is -2.35. The minimum atomic E-state index is -2.46. The van der Waals surface area contributed by atoms with Gasteiger partial charge in [0.2, 0.25) is 5.95 Å². The first-order valence-corrected chi connectivity index (χ1v) is 12.7. The summed E-state index contributed by atoms with van der Waals surface area (Å²) in [6, 6.07) is 10.2. The van der Waals surface area contributed by atoms with Gasteiger partial charge in [0.1, 0.15) is 5.82 Å². The van der Waals surface area contributed by atoms with Gasteiger partial charge in [0, 0.05) is 31.1 Å². The number of aromatic nitrogens is 2. The highest BCUT2D eigenvalue weighted by atomic mass is 32.2. The molecule has 4 rings (SSSR count). The molecule has 31 heavy (non-hydrogen) atoms. The van der Waals surface area contributed by atoms with E-state index in [-0.39, 0.29) is 11.3 Å². The highest BCUT2D eigenvalue weighted by molar-refractivity contribution is 7.93. The van der Waals surface area contributed by atoms with Gasteiger partial charge in [-0.1, -0.05) is 18.2 Å². The van der Waals surface area contributed by atoms with Crippen molar-refractivity contribution in [1.29, 1.82) is 0 Å². The molecule has 2 fully saturated rings. The predicted octanol–water partition coefficient (Wildman–Crippen LogP) is 3.30. The van der Waals surface area contributed by atoms with Gasteiger partial charge in [-0.3, -0.25) is 0 Å². The summed E-state index contributed by atoms with van der Waals surface area (Å²) in [6.07, 6.45) is 1.69. The number of nitrogens with zero attached hydrogens (tertiary/aromatic N) is 5. The molecule has 2 saturated heterocycles. The van der Waals surface area contributed by atoms with Crippen molar-refractivity contribution in [3.05, 3.63) is 35.9 Å². The molecule has 2 aliphatic heterocycles. The molecule has 3 heterocycles. The van der Waals surface area contributed by atoms with Crippen LogP contribution in [0.15, 0.2) is 34.7 Å². The average Bonchev–Trinajstić information content (AvgIpc) is 2.68. The van der Waals surface area contributed by atoms with Crippen molar-refractivity contribution in [3.8, 4) is 0 Å². The Labute approximate surface area is 184 Å². The van der Waals surface area contributed by atoms with Crippen molar-refractivity contribution < 1.29 is 13.7 Å². The highest BCUT2D eigenvalue weighted by Crippen LogP contribution is 2.31. The number of hydrogen-bond donors (Lipinski definition) is 0. The van der Waals surface area contributed by atoms with Crippen molar-refractivity contribution in [2.45, 2.75) is 32.1 Å². The number of ether oxygens (including phenoxy) is 2. The second kappa shape index (κ2) is 9.10. The minimum absolute atomic E-state index is 0.0599. The molecule has 0 aliphatic carbocycles.